The molecule has 0 bridgehead atoms. The largest absolute Gasteiger partial charge is 0.313 e. The Balaban J connectivity index is 1.70. The second-order valence-electron chi connectivity index (χ2n) is 5.48. The van der Waals surface area contributed by atoms with Crippen LogP contribution < -0.4 is 5.32 Å². The van der Waals surface area contributed by atoms with E-state index in [9.17, 15) is 0 Å². The monoisotopic (exact) mass is 266 g/mol. The molecule has 18 heavy (non-hydrogen) atoms. The van der Waals surface area contributed by atoms with Gasteiger partial charge < -0.3 is 5.32 Å². The summed E-state index contributed by atoms with van der Waals surface area (Å²) in [6, 6.07) is 3.78. The van der Waals surface area contributed by atoms with E-state index in [1.54, 1.807) is 11.3 Å². The molecule has 0 radical (unpaired) electrons. The fraction of sp³-hybridized carbons (Fsp3) is 0.733. The van der Waals surface area contributed by atoms with Crippen molar-refractivity contribution in [3.05, 3.63) is 22.4 Å². The second-order valence-corrected chi connectivity index (χ2v) is 6.26. The number of thiophene rings is 1. The molecule has 1 N–H and O–H groups in total. The summed E-state index contributed by atoms with van der Waals surface area (Å²) in [7, 11) is 0. The van der Waals surface area contributed by atoms with Crippen molar-refractivity contribution in [3.8, 4) is 0 Å². The molecular weight excluding hydrogens is 240 g/mol. The van der Waals surface area contributed by atoms with Gasteiger partial charge in [0.2, 0.25) is 0 Å². The third-order valence-corrected chi connectivity index (χ3v) is 4.37. The Kier molecular flexibility index (Phi) is 5.67. The summed E-state index contributed by atoms with van der Waals surface area (Å²) >= 11 is 1.81. The molecule has 1 aliphatic carbocycles. The van der Waals surface area contributed by atoms with E-state index >= 15 is 0 Å². The van der Waals surface area contributed by atoms with Gasteiger partial charge in [0.05, 0.1) is 0 Å². The summed E-state index contributed by atoms with van der Waals surface area (Å²) in [4.78, 5) is 2.65. The van der Waals surface area contributed by atoms with Gasteiger partial charge in [-0.3, -0.25) is 4.90 Å². The van der Waals surface area contributed by atoms with Gasteiger partial charge in [0, 0.05) is 31.7 Å². The fourth-order valence-electron chi connectivity index (χ4n) is 2.44. The van der Waals surface area contributed by atoms with Crippen LogP contribution in [0.4, 0.5) is 0 Å². The third kappa shape index (κ3) is 4.71. The first-order valence-electron chi connectivity index (χ1n) is 7.28. The van der Waals surface area contributed by atoms with Crippen LogP contribution in [-0.4, -0.2) is 30.1 Å². The lowest BCUT2D eigenvalue weighted by atomic mass is 10.2. The van der Waals surface area contributed by atoms with E-state index in [0.717, 1.165) is 19.1 Å². The Bertz CT molecular complexity index is 319. The number of nitrogens with one attached hydrogen (secondary N) is 1. The van der Waals surface area contributed by atoms with Crippen LogP contribution in [0.2, 0.25) is 0 Å². The molecule has 0 spiro atoms. The van der Waals surface area contributed by atoms with Gasteiger partial charge in [-0.05, 0) is 48.6 Å². The minimum atomic E-state index is 0.664. The number of hydrogen-bond donors (Lipinski definition) is 1. The van der Waals surface area contributed by atoms with Crippen LogP contribution in [0.1, 0.15) is 45.1 Å². The summed E-state index contributed by atoms with van der Waals surface area (Å²) in [5.74, 6) is 0. The molecule has 0 saturated heterocycles. The summed E-state index contributed by atoms with van der Waals surface area (Å²) < 4.78 is 0. The molecule has 1 saturated carbocycles. The van der Waals surface area contributed by atoms with Gasteiger partial charge in [-0.15, -0.1) is 0 Å². The molecule has 0 amide bonds. The maximum absolute atomic E-state index is 3.64. The van der Waals surface area contributed by atoms with Gasteiger partial charge in [0.25, 0.3) is 0 Å². The fourth-order valence-corrected chi connectivity index (χ4v) is 3.10. The van der Waals surface area contributed by atoms with Crippen molar-refractivity contribution >= 4 is 11.3 Å². The van der Waals surface area contributed by atoms with Crippen LogP contribution in [0, 0.1) is 0 Å². The smallest absolute Gasteiger partial charge is 0.0245 e. The third-order valence-electron chi connectivity index (χ3n) is 3.64. The van der Waals surface area contributed by atoms with Crippen LogP contribution in [0.15, 0.2) is 16.8 Å². The zero-order chi connectivity index (χ0) is 12.8. The maximum atomic E-state index is 3.64. The van der Waals surface area contributed by atoms with Crippen LogP contribution in [0.3, 0.4) is 0 Å². The van der Waals surface area contributed by atoms with E-state index in [4.69, 9.17) is 0 Å². The van der Waals surface area contributed by atoms with Gasteiger partial charge in [-0.25, -0.2) is 0 Å². The Labute approximate surface area is 115 Å². The summed E-state index contributed by atoms with van der Waals surface area (Å²) in [5.41, 5.74) is 1.48. The van der Waals surface area contributed by atoms with Crippen molar-refractivity contribution in [2.45, 2.75) is 58.2 Å². The van der Waals surface area contributed by atoms with E-state index in [-0.39, 0.29) is 0 Å². The molecule has 1 aliphatic rings. The van der Waals surface area contributed by atoms with Gasteiger partial charge in [-0.1, -0.05) is 13.3 Å². The van der Waals surface area contributed by atoms with Crippen molar-refractivity contribution in [3.63, 3.8) is 0 Å². The average Bonchev–Trinajstić information content (AvgIpc) is 3.07. The van der Waals surface area contributed by atoms with Crippen molar-refractivity contribution in [2.24, 2.45) is 0 Å². The normalized spacial score (nSPS) is 17.3. The summed E-state index contributed by atoms with van der Waals surface area (Å²) in [5, 5.41) is 8.10. The van der Waals surface area contributed by atoms with Crippen LogP contribution >= 0.6 is 11.3 Å². The summed E-state index contributed by atoms with van der Waals surface area (Å²) in [6.07, 6.45) is 5.35. The van der Waals surface area contributed by atoms with E-state index in [2.05, 4.69) is 40.9 Å². The average molecular weight is 266 g/mol. The highest BCUT2D eigenvalue weighted by atomic mass is 32.1. The zero-order valence-corrected chi connectivity index (χ0v) is 12.5. The predicted molar refractivity (Wildman–Crippen MR) is 80.1 cm³/mol. The van der Waals surface area contributed by atoms with Crippen LogP contribution in [0.25, 0.3) is 0 Å². The van der Waals surface area contributed by atoms with Crippen LogP contribution in [0.5, 0.6) is 0 Å². The molecule has 1 heterocycles. The standard InChI is InChI=1S/C15H26N2S/c1-3-4-13(2)16-8-9-17(15-5-6-15)11-14-7-10-18-12-14/h7,10,12-13,15-16H,3-6,8-9,11H2,1-2H3. The topological polar surface area (TPSA) is 15.3 Å². The quantitative estimate of drug-likeness (QED) is 0.736. The minimum absolute atomic E-state index is 0.664. The van der Waals surface area contributed by atoms with Crippen molar-refractivity contribution in [1.29, 1.82) is 0 Å². The lowest BCUT2D eigenvalue weighted by Crippen LogP contribution is -2.36. The molecule has 2 rings (SSSR count). The van der Waals surface area contributed by atoms with Crippen molar-refractivity contribution in [2.75, 3.05) is 13.1 Å². The number of rotatable bonds is 9. The van der Waals surface area contributed by atoms with Gasteiger partial charge in [0.1, 0.15) is 0 Å². The first-order valence-corrected chi connectivity index (χ1v) is 8.22. The van der Waals surface area contributed by atoms with E-state index < -0.39 is 0 Å². The number of nitrogens with zero attached hydrogens (tertiary/aromatic N) is 1. The molecule has 0 aromatic carbocycles. The van der Waals surface area contributed by atoms with E-state index in [0.29, 0.717) is 6.04 Å². The molecule has 2 nitrogen and oxygen atoms in total. The lowest BCUT2D eigenvalue weighted by Gasteiger charge is -2.23. The van der Waals surface area contributed by atoms with Crippen molar-refractivity contribution < 1.29 is 0 Å². The highest BCUT2D eigenvalue weighted by Crippen LogP contribution is 2.28. The first kappa shape index (κ1) is 14.0. The van der Waals surface area contributed by atoms with Gasteiger partial charge in [-0.2, -0.15) is 11.3 Å². The molecule has 3 heteroatoms. The molecule has 1 fully saturated rings. The highest BCUT2D eigenvalue weighted by molar-refractivity contribution is 7.07. The molecule has 1 aromatic rings. The number of hydrogen-bond acceptors (Lipinski definition) is 3. The Morgan fingerprint density at radius 3 is 2.94 bits per heavy atom. The van der Waals surface area contributed by atoms with Gasteiger partial charge >= 0.3 is 0 Å². The zero-order valence-electron chi connectivity index (χ0n) is 11.7. The van der Waals surface area contributed by atoms with Crippen molar-refractivity contribution in [1.82, 2.24) is 10.2 Å². The maximum Gasteiger partial charge on any atom is 0.0245 e. The molecular formula is C15H26N2S. The molecule has 1 aromatic heterocycles. The second kappa shape index (κ2) is 7.27. The molecule has 0 aliphatic heterocycles. The minimum Gasteiger partial charge on any atom is -0.313 e. The molecule has 1 unspecified atom stereocenters. The Hall–Kier alpha value is -0.380. The van der Waals surface area contributed by atoms with Crippen LogP contribution in [-0.2, 0) is 6.54 Å². The summed E-state index contributed by atoms with van der Waals surface area (Å²) in [6.45, 7) is 8.00. The Morgan fingerprint density at radius 1 is 1.50 bits per heavy atom. The molecule has 1 atom stereocenters. The highest BCUT2D eigenvalue weighted by Gasteiger charge is 2.28. The Morgan fingerprint density at radius 2 is 2.33 bits per heavy atom. The SMILES string of the molecule is CCCC(C)NCCN(Cc1ccsc1)C1CC1. The van der Waals surface area contributed by atoms with Gasteiger partial charge in [0.15, 0.2) is 0 Å². The van der Waals surface area contributed by atoms with E-state index in [1.807, 2.05) is 0 Å². The predicted octanol–water partition coefficient (Wildman–Crippen LogP) is 3.49. The lowest BCUT2D eigenvalue weighted by molar-refractivity contribution is 0.250. The van der Waals surface area contributed by atoms with E-state index in [1.165, 1.54) is 37.8 Å². The molecule has 102 valence electrons. The first-order chi connectivity index (χ1) is 8.79.